The zero-order chi connectivity index (χ0) is 22.2. The molecule has 3 rings (SSSR count). The fourth-order valence-corrected chi connectivity index (χ4v) is 3.50. The summed E-state index contributed by atoms with van der Waals surface area (Å²) >= 11 is 0. The van der Waals surface area contributed by atoms with Crippen molar-refractivity contribution in [2.75, 3.05) is 23.9 Å². The highest BCUT2D eigenvalue weighted by atomic mass is 16.6. The molecule has 1 aliphatic rings. The molecule has 9 heteroatoms. The number of aliphatic hydroxyl groups excluding tert-OH is 1. The topological polar surface area (TPSA) is 122 Å². The van der Waals surface area contributed by atoms with E-state index in [1.54, 1.807) is 38.1 Å². The van der Waals surface area contributed by atoms with Crippen molar-refractivity contribution in [3.05, 3.63) is 57.6 Å². The molecule has 158 valence electrons. The summed E-state index contributed by atoms with van der Waals surface area (Å²) in [6.07, 6.45) is -0.802. The molecule has 9 nitrogen and oxygen atoms in total. The van der Waals surface area contributed by atoms with Crippen LogP contribution < -0.4 is 15.0 Å². The average Bonchev–Trinajstić information content (AvgIpc) is 2.87. The molecular formula is C21H23N3O6. The Kier molecular flexibility index (Phi) is 5.49. The van der Waals surface area contributed by atoms with Crippen molar-refractivity contribution >= 4 is 28.9 Å². The Hall–Kier alpha value is -3.46. The van der Waals surface area contributed by atoms with E-state index in [1.165, 1.54) is 31.1 Å². The quantitative estimate of drug-likeness (QED) is 0.555. The molecule has 1 heterocycles. The molecule has 0 bridgehead atoms. The number of aliphatic hydroxyl groups is 1. The van der Waals surface area contributed by atoms with Gasteiger partial charge in [-0.3, -0.25) is 19.7 Å². The van der Waals surface area contributed by atoms with Crippen LogP contribution in [0.15, 0.2) is 36.4 Å². The minimum Gasteiger partial charge on any atom is -0.497 e. The number of amides is 2. The number of carbonyl (C=O) groups is 2. The second kappa shape index (κ2) is 7.75. The van der Waals surface area contributed by atoms with Crippen molar-refractivity contribution in [2.45, 2.75) is 32.3 Å². The molecular weight excluding hydrogens is 390 g/mol. The van der Waals surface area contributed by atoms with E-state index in [1.807, 2.05) is 0 Å². The molecule has 0 saturated carbocycles. The van der Waals surface area contributed by atoms with Crippen molar-refractivity contribution in [2.24, 2.45) is 0 Å². The second-order valence-corrected chi connectivity index (χ2v) is 7.72. The van der Waals surface area contributed by atoms with Gasteiger partial charge in [0, 0.05) is 11.6 Å². The highest BCUT2D eigenvalue weighted by Gasteiger charge is 2.45. The Morgan fingerprint density at radius 1 is 1.30 bits per heavy atom. The molecule has 0 saturated heterocycles. The van der Waals surface area contributed by atoms with Crippen LogP contribution in [0.5, 0.6) is 5.75 Å². The average molecular weight is 413 g/mol. The number of methoxy groups -OCH3 is 1. The molecule has 0 aromatic heterocycles. The second-order valence-electron chi connectivity index (χ2n) is 7.72. The lowest BCUT2D eigenvalue weighted by Crippen LogP contribution is -2.39. The van der Waals surface area contributed by atoms with Gasteiger partial charge >= 0.3 is 0 Å². The first-order valence-electron chi connectivity index (χ1n) is 9.34. The predicted molar refractivity (Wildman–Crippen MR) is 111 cm³/mol. The molecule has 1 aliphatic heterocycles. The summed E-state index contributed by atoms with van der Waals surface area (Å²) in [6.45, 7) is 4.97. The van der Waals surface area contributed by atoms with E-state index >= 15 is 0 Å². The van der Waals surface area contributed by atoms with Crippen LogP contribution in [0.3, 0.4) is 0 Å². The zero-order valence-electron chi connectivity index (χ0n) is 17.1. The number of ether oxygens (including phenoxy) is 1. The number of nitrogens with one attached hydrogen (secondary N) is 1. The van der Waals surface area contributed by atoms with Gasteiger partial charge in [-0.15, -0.1) is 0 Å². The number of fused-ring (bicyclic) bond motifs is 1. The first-order valence-corrected chi connectivity index (χ1v) is 9.34. The molecule has 1 unspecified atom stereocenters. The van der Waals surface area contributed by atoms with Gasteiger partial charge < -0.3 is 20.1 Å². The number of anilines is 2. The molecule has 2 aromatic carbocycles. The van der Waals surface area contributed by atoms with Crippen LogP contribution in [0, 0.1) is 10.1 Å². The predicted octanol–water partition coefficient (Wildman–Crippen LogP) is 2.86. The molecule has 0 fully saturated rings. The number of β-amino-alcohol motifs (C(OH)–C–C–N with tert-alkyl or cyclic N) is 1. The Morgan fingerprint density at radius 3 is 2.47 bits per heavy atom. The van der Waals surface area contributed by atoms with Gasteiger partial charge in [0.25, 0.3) is 11.6 Å². The number of nitro benzene ring substituents is 1. The largest absolute Gasteiger partial charge is 0.497 e. The summed E-state index contributed by atoms with van der Waals surface area (Å²) in [5.74, 6) is -0.219. The van der Waals surface area contributed by atoms with Gasteiger partial charge in [-0.1, -0.05) is 0 Å². The first kappa shape index (κ1) is 21.3. The van der Waals surface area contributed by atoms with E-state index in [-0.39, 0.29) is 23.8 Å². The summed E-state index contributed by atoms with van der Waals surface area (Å²) in [4.78, 5) is 37.9. The number of nitro groups is 1. The molecule has 1 atom stereocenters. The van der Waals surface area contributed by atoms with Crippen LogP contribution in [0.25, 0.3) is 0 Å². The normalized spacial score (nSPS) is 15.5. The fraction of sp³-hybridized carbons (Fsp3) is 0.333. The van der Waals surface area contributed by atoms with E-state index in [0.717, 1.165) is 0 Å². The Morgan fingerprint density at radius 2 is 1.93 bits per heavy atom. The standard InChI is InChI=1S/C21H23N3O6/c1-12(25)11-23-17-10-18(24(28)29)16(9-15(17)21(2,3)20(23)27)22-19(26)13-5-7-14(30-4)8-6-13/h5-10,12,25H,11H2,1-4H3,(H,22,26). The highest BCUT2D eigenvalue weighted by molar-refractivity contribution is 6.10. The van der Waals surface area contributed by atoms with E-state index < -0.39 is 22.3 Å². The zero-order valence-corrected chi connectivity index (χ0v) is 17.1. The van der Waals surface area contributed by atoms with Gasteiger partial charge in [0.05, 0.1) is 35.8 Å². The van der Waals surface area contributed by atoms with E-state index in [4.69, 9.17) is 4.74 Å². The third kappa shape index (κ3) is 3.71. The third-order valence-corrected chi connectivity index (χ3v) is 5.10. The minimum atomic E-state index is -0.959. The van der Waals surface area contributed by atoms with Gasteiger partial charge in [-0.2, -0.15) is 0 Å². The molecule has 2 N–H and O–H groups in total. The smallest absolute Gasteiger partial charge is 0.294 e. The summed E-state index contributed by atoms with van der Waals surface area (Å²) in [5.41, 5.74) is -0.0876. The van der Waals surface area contributed by atoms with Crippen molar-refractivity contribution < 1.29 is 24.4 Å². The lowest BCUT2D eigenvalue weighted by molar-refractivity contribution is -0.383. The maximum absolute atomic E-state index is 12.9. The number of rotatable bonds is 6. The van der Waals surface area contributed by atoms with Gasteiger partial charge in [0.2, 0.25) is 5.91 Å². The maximum Gasteiger partial charge on any atom is 0.294 e. The summed E-state index contributed by atoms with van der Waals surface area (Å²) < 4.78 is 5.06. The van der Waals surface area contributed by atoms with Crippen LogP contribution in [-0.4, -0.2) is 41.6 Å². The van der Waals surface area contributed by atoms with E-state index in [9.17, 15) is 24.8 Å². The van der Waals surface area contributed by atoms with Gasteiger partial charge in [-0.05, 0) is 56.7 Å². The van der Waals surface area contributed by atoms with Crippen LogP contribution >= 0.6 is 0 Å². The number of hydrogen-bond acceptors (Lipinski definition) is 6. The van der Waals surface area contributed by atoms with Crippen molar-refractivity contribution in [1.29, 1.82) is 0 Å². The third-order valence-electron chi connectivity index (χ3n) is 5.10. The maximum atomic E-state index is 12.9. The Bertz CT molecular complexity index is 1010. The van der Waals surface area contributed by atoms with E-state index in [0.29, 0.717) is 22.6 Å². The van der Waals surface area contributed by atoms with Gasteiger partial charge in [0.1, 0.15) is 11.4 Å². The SMILES string of the molecule is COc1ccc(C(=O)Nc2cc3c(cc2[N+](=O)[O-])N(CC(C)O)C(=O)C3(C)C)cc1. The lowest BCUT2D eigenvalue weighted by Gasteiger charge is -2.21. The van der Waals surface area contributed by atoms with Gasteiger partial charge in [-0.25, -0.2) is 0 Å². The molecule has 2 aromatic rings. The van der Waals surface area contributed by atoms with Crippen LogP contribution in [0.4, 0.5) is 17.1 Å². The number of benzene rings is 2. The molecule has 0 radical (unpaired) electrons. The molecule has 30 heavy (non-hydrogen) atoms. The number of nitrogens with zero attached hydrogens (tertiary/aromatic N) is 2. The lowest BCUT2D eigenvalue weighted by atomic mass is 9.85. The monoisotopic (exact) mass is 413 g/mol. The first-order chi connectivity index (χ1) is 14.1. The fourth-order valence-electron chi connectivity index (χ4n) is 3.50. The van der Waals surface area contributed by atoms with Crippen molar-refractivity contribution in [3.8, 4) is 5.75 Å². The van der Waals surface area contributed by atoms with E-state index in [2.05, 4.69) is 5.32 Å². The van der Waals surface area contributed by atoms with Gasteiger partial charge in [0.15, 0.2) is 0 Å². The number of hydrogen-bond donors (Lipinski definition) is 2. The molecule has 2 amide bonds. The summed E-state index contributed by atoms with van der Waals surface area (Å²) in [5, 5.41) is 24.0. The molecule has 0 spiro atoms. The van der Waals surface area contributed by atoms with Crippen LogP contribution in [0.2, 0.25) is 0 Å². The van der Waals surface area contributed by atoms with Crippen molar-refractivity contribution in [3.63, 3.8) is 0 Å². The highest BCUT2D eigenvalue weighted by Crippen LogP contribution is 2.46. The summed E-state index contributed by atoms with van der Waals surface area (Å²) in [7, 11) is 1.51. The Balaban J connectivity index is 2.03. The molecule has 0 aliphatic carbocycles. The van der Waals surface area contributed by atoms with Crippen LogP contribution in [0.1, 0.15) is 36.7 Å². The van der Waals surface area contributed by atoms with Crippen molar-refractivity contribution in [1.82, 2.24) is 0 Å². The number of carbonyl (C=O) groups excluding carboxylic acids is 2. The minimum absolute atomic E-state index is 0.000611. The Labute approximate surface area is 173 Å². The summed E-state index contributed by atoms with van der Waals surface area (Å²) in [6, 6.07) is 9.06. The van der Waals surface area contributed by atoms with Crippen LogP contribution in [-0.2, 0) is 10.2 Å².